The lowest BCUT2D eigenvalue weighted by Gasteiger charge is -2.21. The maximum atomic E-state index is 9.81. The molecule has 234 valence electrons. The molecular weight excluding hydrogens is 592 g/mol. The highest BCUT2D eigenvalue weighted by molar-refractivity contribution is 6.17. The van der Waals surface area contributed by atoms with Gasteiger partial charge < -0.3 is 19.7 Å². The zero-order valence-electron chi connectivity index (χ0n) is 26.4. The standard InChI is InChI=1S/C44H34O4/c45-25-27-47-41-23-21-37-35(33-15-5-11-29-9-1-3-13-31(29)33)17-7-19-39(37)43(41)44-40-20-8-18-36(38(40)22-24-42(44)48-28-26-46)34-16-6-12-30-10-2-4-14-32(30)34/h1-24,45-46H,25-28H2. The molecule has 0 amide bonds. The Bertz CT molecular complexity index is 2260. The minimum Gasteiger partial charge on any atom is -0.491 e. The summed E-state index contributed by atoms with van der Waals surface area (Å²) in [5.41, 5.74) is 6.32. The van der Waals surface area contributed by atoms with E-state index in [0.717, 1.165) is 54.9 Å². The SMILES string of the molecule is OCCOc1ccc2c(-c3cccc4ccccc34)cccc2c1-c1c(OCCO)ccc2c(-c3cccc4ccccc34)cccc12. The summed E-state index contributed by atoms with van der Waals surface area (Å²) >= 11 is 0. The summed E-state index contributed by atoms with van der Waals surface area (Å²) in [4.78, 5) is 0. The molecule has 2 N–H and O–H groups in total. The van der Waals surface area contributed by atoms with Crippen molar-refractivity contribution < 1.29 is 19.7 Å². The topological polar surface area (TPSA) is 58.9 Å². The van der Waals surface area contributed by atoms with Gasteiger partial charge in [-0.05, 0) is 77.5 Å². The molecule has 0 heterocycles. The van der Waals surface area contributed by atoms with Crippen molar-refractivity contribution in [2.24, 2.45) is 0 Å². The van der Waals surface area contributed by atoms with Gasteiger partial charge in [-0.1, -0.05) is 133 Å². The molecule has 8 aromatic carbocycles. The third-order valence-corrected chi connectivity index (χ3v) is 9.15. The second-order valence-corrected chi connectivity index (χ2v) is 11.9. The number of benzene rings is 8. The molecule has 0 saturated carbocycles. The summed E-state index contributed by atoms with van der Waals surface area (Å²) in [6.45, 7) is 0.0884. The second-order valence-electron chi connectivity index (χ2n) is 11.9. The van der Waals surface area contributed by atoms with E-state index in [0.29, 0.717) is 11.5 Å². The Morgan fingerprint density at radius 2 is 0.688 bits per heavy atom. The molecule has 48 heavy (non-hydrogen) atoms. The number of aliphatic hydroxyl groups excluding tert-OH is 2. The van der Waals surface area contributed by atoms with Crippen LogP contribution in [-0.4, -0.2) is 36.6 Å². The van der Waals surface area contributed by atoms with Gasteiger partial charge in [0.1, 0.15) is 24.7 Å². The number of rotatable bonds is 9. The highest BCUT2D eigenvalue weighted by atomic mass is 16.5. The lowest BCUT2D eigenvalue weighted by molar-refractivity contribution is 0.200. The van der Waals surface area contributed by atoms with Crippen LogP contribution >= 0.6 is 0 Å². The fraction of sp³-hybridized carbons (Fsp3) is 0.0909. The van der Waals surface area contributed by atoms with Gasteiger partial charge in [-0.25, -0.2) is 0 Å². The van der Waals surface area contributed by atoms with E-state index >= 15 is 0 Å². The van der Waals surface area contributed by atoms with Gasteiger partial charge in [0.25, 0.3) is 0 Å². The van der Waals surface area contributed by atoms with Crippen molar-refractivity contribution in [3.05, 3.63) is 146 Å². The molecule has 0 aliphatic carbocycles. The fourth-order valence-corrected chi connectivity index (χ4v) is 7.13. The summed E-state index contributed by atoms with van der Waals surface area (Å²) in [5, 5.41) is 28.5. The van der Waals surface area contributed by atoms with Gasteiger partial charge in [0.15, 0.2) is 0 Å². The van der Waals surface area contributed by atoms with Crippen molar-refractivity contribution in [3.8, 4) is 44.9 Å². The summed E-state index contributed by atoms with van der Waals surface area (Å²) in [7, 11) is 0. The van der Waals surface area contributed by atoms with Crippen LogP contribution < -0.4 is 9.47 Å². The highest BCUT2D eigenvalue weighted by Gasteiger charge is 2.22. The average Bonchev–Trinajstić information content (AvgIpc) is 3.15. The first-order valence-corrected chi connectivity index (χ1v) is 16.3. The summed E-state index contributed by atoms with van der Waals surface area (Å²) in [5.74, 6) is 1.31. The number of hydrogen-bond acceptors (Lipinski definition) is 4. The minimum atomic E-state index is -0.109. The first-order valence-electron chi connectivity index (χ1n) is 16.3. The summed E-state index contributed by atoms with van der Waals surface area (Å²) in [6.07, 6.45) is 0. The van der Waals surface area contributed by atoms with Crippen LogP contribution in [0.4, 0.5) is 0 Å². The van der Waals surface area contributed by atoms with E-state index in [1.807, 2.05) is 12.1 Å². The van der Waals surface area contributed by atoms with Gasteiger partial charge >= 0.3 is 0 Å². The molecule has 8 aromatic rings. The van der Waals surface area contributed by atoms with Crippen LogP contribution in [0.3, 0.4) is 0 Å². The molecule has 0 bridgehead atoms. The van der Waals surface area contributed by atoms with Crippen LogP contribution in [0.15, 0.2) is 146 Å². The molecule has 0 fully saturated rings. The van der Waals surface area contributed by atoms with Crippen LogP contribution in [0.5, 0.6) is 11.5 Å². The van der Waals surface area contributed by atoms with Crippen LogP contribution in [0, 0.1) is 0 Å². The number of aliphatic hydroxyl groups is 2. The van der Waals surface area contributed by atoms with Gasteiger partial charge in [-0.2, -0.15) is 0 Å². The zero-order valence-corrected chi connectivity index (χ0v) is 26.4. The Kier molecular flexibility index (Phi) is 7.95. The molecule has 4 nitrogen and oxygen atoms in total. The quantitative estimate of drug-likeness (QED) is 0.167. The zero-order chi connectivity index (χ0) is 32.5. The van der Waals surface area contributed by atoms with E-state index in [2.05, 4.69) is 133 Å². The fourth-order valence-electron chi connectivity index (χ4n) is 7.13. The van der Waals surface area contributed by atoms with Gasteiger partial charge in [-0.15, -0.1) is 0 Å². The Balaban J connectivity index is 1.45. The maximum Gasteiger partial charge on any atom is 0.128 e. The van der Waals surface area contributed by atoms with E-state index in [-0.39, 0.29) is 26.4 Å². The number of hydrogen-bond donors (Lipinski definition) is 2. The molecule has 0 atom stereocenters. The number of fused-ring (bicyclic) bond motifs is 4. The van der Waals surface area contributed by atoms with Gasteiger partial charge in [0.05, 0.1) is 13.2 Å². The smallest absolute Gasteiger partial charge is 0.128 e. The average molecular weight is 627 g/mol. The Labute approximate surface area is 279 Å². The van der Waals surface area contributed by atoms with E-state index in [4.69, 9.17) is 9.47 Å². The van der Waals surface area contributed by atoms with Gasteiger partial charge in [0.2, 0.25) is 0 Å². The summed E-state index contributed by atoms with van der Waals surface area (Å²) < 4.78 is 12.6. The maximum absolute atomic E-state index is 9.81. The van der Waals surface area contributed by atoms with Gasteiger partial charge in [-0.3, -0.25) is 0 Å². The molecular formula is C44H34O4. The van der Waals surface area contributed by atoms with E-state index in [1.54, 1.807) is 0 Å². The molecule has 0 aliphatic heterocycles. The Hall–Kier alpha value is -5.68. The normalized spacial score (nSPS) is 11.5. The molecule has 0 aromatic heterocycles. The van der Waals surface area contributed by atoms with Crippen LogP contribution in [0.2, 0.25) is 0 Å². The highest BCUT2D eigenvalue weighted by Crippen LogP contribution is 2.49. The molecule has 0 unspecified atom stereocenters. The first kappa shape index (κ1) is 29.7. The van der Waals surface area contributed by atoms with Crippen molar-refractivity contribution in [2.75, 3.05) is 26.4 Å². The van der Waals surface area contributed by atoms with Crippen molar-refractivity contribution in [2.45, 2.75) is 0 Å². The molecule has 8 rings (SSSR count). The van der Waals surface area contributed by atoms with Crippen molar-refractivity contribution >= 4 is 43.1 Å². The van der Waals surface area contributed by atoms with E-state index < -0.39 is 0 Å². The third-order valence-electron chi connectivity index (χ3n) is 9.15. The lowest BCUT2D eigenvalue weighted by atomic mass is 9.87. The second kappa shape index (κ2) is 12.8. The molecule has 4 heteroatoms. The van der Waals surface area contributed by atoms with E-state index in [1.165, 1.54) is 21.5 Å². The molecule has 0 spiro atoms. The third kappa shape index (κ3) is 5.12. The number of ether oxygens (including phenoxy) is 2. The lowest BCUT2D eigenvalue weighted by Crippen LogP contribution is -2.06. The van der Waals surface area contributed by atoms with Crippen LogP contribution in [-0.2, 0) is 0 Å². The molecule has 0 aliphatic rings. The van der Waals surface area contributed by atoms with Gasteiger partial charge in [0, 0.05) is 11.1 Å². The molecule has 0 radical (unpaired) electrons. The summed E-state index contributed by atoms with van der Waals surface area (Å²) in [6, 6.07) is 50.8. The first-order chi connectivity index (χ1) is 23.8. The Morgan fingerprint density at radius 3 is 1.12 bits per heavy atom. The minimum absolute atomic E-state index is 0.109. The molecule has 0 saturated heterocycles. The largest absolute Gasteiger partial charge is 0.491 e. The van der Waals surface area contributed by atoms with Crippen molar-refractivity contribution in [1.29, 1.82) is 0 Å². The predicted molar refractivity (Wildman–Crippen MR) is 198 cm³/mol. The van der Waals surface area contributed by atoms with Crippen LogP contribution in [0.25, 0.3) is 76.5 Å². The van der Waals surface area contributed by atoms with Crippen molar-refractivity contribution in [3.63, 3.8) is 0 Å². The van der Waals surface area contributed by atoms with E-state index in [9.17, 15) is 10.2 Å². The predicted octanol–water partition coefficient (Wildman–Crippen LogP) is 10.0. The Morgan fingerprint density at radius 1 is 0.333 bits per heavy atom. The monoisotopic (exact) mass is 626 g/mol. The van der Waals surface area contributed by atoms with Crippen LogP contribution in [0.1, 0.15) is 0 Å². The van der Waals surface area contributed by atoms with Crippen molar-refractivity contribution in [1.82, 2.24) is 0 Å².